The van der Waals surface area contributed by atoms with Crippen molar-refractivity contribution < 1.29 is 23.9 Å². The number of nitrogens with one attached hydrogen (secondary N) is 2. The van der Waals surface area contributed by atoms with Crippen molar-refractivity contribution in [3.05, 3.63) is 71.8 Å². The zero-order valence-electron chi connectivity index (χ0n) is 23.1. The van der Waals surface area contributed by atoms with E-state index in [9.17, 15) is 19.2 Å². The number of ether oxygens (including phenoxy) is 1. The number of carbonyl (C=O) groups is 4. The first-order valence-electron chi connectivity index (χ1n) is 12.7. The molecule has 2 aromatic rings. The number of primary amides is 1. The maximum absolute atomic E-state index is 14.1. The number of nitrogens with two attached hydrogens (primary N) is 1. The van der Waals surface area contributed by atoms with Crippen LogP contribution in [0.5, 0.6) is 0 Å². The van der Waals surface area contributed by atoms with Crippen LogP contribution in [-0.4, -0.2) is 45.9 Å². The number of hydrogen-bond donors (Lipinski definition) is 3. The lowest BCUT2D eigenvalue weighted by molar-refractivity contribution is -0.148. The van der Waals surface area contributed by atoms with E-state index in [1.807, 2.05) is 57.2 Å². The van der Waals surface area contributed by atoms with Crippen molar-refractivity contribution in [3.63, 3.8) is 0 Å². The smallest absolute Gasteiger partial charge is 0.408 e. The fourth-order valence-corrected chi connectivity index (χ4v) is 3.94. The molecule has 0 radical (unpaired) electrons. The molecular formula is C29H40N4O5. The predicted molar refractivity (Wildman–Crippen MR) is 146 cm³/mol. The maximum atomic E-state index is 14.1. The largest absolute Gasteiger partial charge is 0.444 e. The Balaban J connectivity index is 2.47. The van der Waals surface area contributed by atoms with Crippen LogP contribution in [-0.2, 0) is 25.7 Å². The van der Waals surface area contributed by atoms with Crippen molar-refractivity contribution in [2.45, 2.75) is 84.2 Å². The van der Waals surface area contributed by atoms with Gasteiger partial charge in [-0.05, 0) is 59.1 Å². The Morgan fingerprint density at radius 2 is 1.45 bits per heavy atom. The van der Waals surface area contributed by atoms with E-state index in [1.165, 1.54) is 4.90 Å². The lowest BCUT2D eigenvalue weighted by Gasteiger charge is -2.43. The maximum Gasteiger partial charge on any atom is 0.408 e. The molecule has 0 aliphatic heterocycles. The second-order valence-corrected chi connectivity index (χ2v) is 11.1. The molecule has 4 N–H and O–H groups in total. The minimum Gasteiger partial charge on any atom is -0.444 e. The molecule has 38 heavy (non-hydrogen) atoms. The lowest BCUT2D eigenvalue weighted by atomic mass is 9.94. The van der Waals surface area contributed by atoms with Crippen LogP contribution in [0.4, 0.5) is 4.79 Å². The molecule has 9 nitrogen and oxygen atoms in total. The van der Waals surface area contributed by atoms with Crippen LogP contribution >= 0.6 is 0 Å². The van der Waals surface area contributed by atoms with E-state index in [1.54, 1.807) is 45.0 Å². The molecule has 0 aliphatic carbocycles. The normalized spacial score (nSPS) is 13.1. The Morgan fingerprint density at radius 1 is 0.895 bits per heavy atom. The molecule has 0 saturated carbocycles. The molecule has 2 unspecified atom stereocenters. The fourth-order valence-electron chi connectivity index (χ4n) is 3.94. The number of amides is 4. The minimum absolute atomic E-state index is 0.0485. The van der Waals surface area contributed by atoms with Gasteiger partial charge in [0.15, 0.2) is 0 Å². The summed E-state index contributed by atoms with van der Waals surface area (Å²) in [6, 6.07) is 16.3. The molecule has 4 amide bonds. The molecule has 9 heteroatoms. The van der Waals surface area contributed by atoms with Crippen molar-refractivity contribution >= 4 is 23.8 Å². The van der Waals surface area contributed by atoms with Gasteiger partial charge in [0.05, 0.1) is 0 Å². The van der Waals surface area contributed by atoms with Crippen molar-refractivity contribution in [2.24, 2.45) is 5.73 Å². The van der Waals surface area contributed by atoms with Gasteiger partial charge in [-0.3, -0.25) is 14.4 Å². The van der Waals surface area contributed by atoms with Gasteiger partial charge >= 0.3 is 6.09 Å². The highest BCUT2D eigenvalue weighted by Crippen LogP contribution is 2.30. The van der Waals surface area contributed by atoms with E-state index in [2.05, 4.69) is 10.6 Å². The highest BCUT2D eigenvalue weighted by Gasteiger charge is 2.41. The summed E-state index contributed by atoms with van der Waals surface area (Å²) in [6.07, 6.45) is -0.993. The van der Waals surface area contributed by atoms with Crippen molar-refractivity contribution in [1.82, 2.24) is 15.5 Å². The van der Waals surface area contributed by atoms with Crippen molar-refractivity contribution in [2.75, 3.05) is 0 Å². The molecular weight excluding hydrogens is 484 g/mol. The third kappa shape index (κ3) is 9.53. The molecule has 206 valence electrons. The zero-order valence-corrected chi connectivity index (χ0v) is 23.1. The fraction of sp³-hybridized carbons (Fsp3) is 0.448. The van der Waals surface area contributed by atoms with Gasteiger partial charge in [-0.1, -0.05) is 60.7 Å². The van der Waals surface area contributed by atoms with Gasteiger partial charge < -0.3 is 26.0 Å². The second-order valence-electron chi connectivity index (χ2n) is 11.1. The highest BCUT2D eigenvalue weighted by molar-refractivity contribution is 5.93. The molecule has 0 aromatic heterocycles. The summed E-state index contributed by atoms with van der Waals surface area (Å²) in [6.45, 7) is 10.8. The Bertz CT molecular complexity index is 1090. The quantitative estimate of drug-likeness (QED) is 0.435. The van der Waals surface area contributed by atoms with Gasteiger partial charge in [0.2, 0.25) is 17.7 Å². The molecule has 0 spiro atoms. The van der Waals surface area contributed by atoms with Crippen LogP contribution in [0.1, 0.15) is 71.6 Å². The molecule has 0 bridgehead atoms. The van der Waals surface area contributed by atoms with Gasteiger partial charge in [-0.25, -0.2) is 4.79 Å². The topological polar surface area (TPSA) is 131 Å². The summed E-state index contributed by atoms with van der Waals surface area (Å²) in [7, 11) is 0. The lowest BCUT2D eigenvalue weighted by Crippen LogP contribution is -2.58. The molecule has 2 aromatic carbocycles. The Hall–Kier alpha value is -3.88. The van der Waals surface area contributed by atoms with E-state index in [-0.39, 0.29) is 25.3 Å². The first-order valence-corrected chi connectivity index (χ1v) is 12.7. The average Bonchev–Trinajstić information content (AvgIpc) is 2.82. The number of rotatable bonds is 10. The highest BCUT2D eigenvalue weighted by atomic mass is 16.6. The van der Waals surface area contributed by atoms with Gasteiger partial charge in [-0.2, -0.15) is 0 Å². The number of nitrogens with zero attached hydrogens (tertiary/aromatic N) is 1. The van der Waals surface area contributed by atoms with E-state index in [0.717, 1.165) is 5.56 Å². The van der Waals surface area contributed by atoms with Crippen LogP contribution in [0, 0.1) is 0 Å². The molecule has 2 rings (SSSR count). The number of benzene rings is 2. The second kappa shape index (κ2) is 13.1. The van der Waals surface area contributed by atoms with Crippen molar-refractivity contribution in [1.29, 1.82) is 0 Å². The number of hydrogen-bond acceptors (Lipinski definition) is 5. The minimum atomic E-state index is -1.15. The third-order valence-corrected chi connectivity index (χ3v) is 5.56. The molecule has 0 fully saturated rings. The summed E-state index contributed by atoms with van der Waals surface area (Å²) in [5, 5.41) is 5.54. The van der Waals surface area contributed by atoms with Gasteiger partial charge in [0.1, 0.15) is 17.7 Å². The Labute approximate surface area is 225 Å². The average molecular weight is 525 g/mol. The summed E-state index contributed by atoms with van der Waals surface area (Å²) < 4.78 is 5.35. The third-order valence-electron chi connectivity index (χ3n) is 5.56. The van der Waals surface area contributed by atoms with Crippen LogP contribution in [0.2, 0.25) is 0 Å². The van der Waals surface area contributed by atoms with E-state index in [4.69, 9.17) is 10.5 Å². The standard InChI is InChI=1S/C29H40N4O5/c1-28(2,3)33(26(36)22(17-18-23(30)34)32-27(37)38-29(4,5)6)24(21-15-11-8-12-16-21)25(35)31-19-20-13-9-7-10-14-20/h7-16,22,24H,17-19H2,1-6H3,(H2,30,34)(H,31,35)(H,32,37). The predicted octanol–water partition coefficient (Wildman–Crippen LogP) is 3.83. The Morgan fingerprint density at radius 3 is 1.95 bits per heavy atom. The Kier molecular flexibility index (Phi) is 10.4. The van der Waals surface area contributed by atoms with Crippen LogP contribution in [0.3, 0.4) is 0 Å². The molecule has 2 atom stereocenters. The monoisotopic (exact) mass is 524 g/mol. The van der Waals surface area contributed by atoms with Gasteiger partial charge in [0, 0.05) is 18.5 Å². The van der Waals surface area contributed by atoms with E-state index >= 15 is 0 Å². The summed E-state index contributed by atoms with van der Waals surface area (Å²) >= 11 is 0. The van der Waals surface area contributed by atoms with Crippen LogP contribution < -0.4 is 16.4 Å². The van der Waals surface area contributed by atoms with Gasteiger partial charge in [-0.15, -0.1) is 0 Å². The summed E-state index contributed by atoms with van der Waals surface area (Å²) in [5.41, 5.74) is 5.23. The zero-order chi connectivity index (χ0) is 28.5. The number of carbonyl (C=O) groups excluding carboxylic acids is 4. The number of alkyl carbamates (subject to hydrolysis) is 1. The summed E-state index contributed by atoms with van der Waals surface area (Å²) in [4.78, 5) is 53.5. The molecule has 0 saturated heterocycles. The SMILES string of the molecule is CC(C)(C)OC(=O)NC(CCC(N)=O)C(=O)N(C(C(=O)NCc1ccccc1)c1ccccc1)C(C)(C)C. The molecule has 0 heterocycles. The summed E-state index contributed by atoms with van der Waals surface area (Å²) in [5.74, 6) is -1.53. The first-order chi connectivity index (χ1) is 17.7. The van der Waals surface area contributed by atoms with Crippen molar-refractivity contribution in [3.8, 4) is 0 Å². The van der Waals surface area contributed by atoms with E-state index < -0.39 is 41.1 Å². The van der Waals surface area contributed by atoms with Crippen LogP contribution in [0.15, 0.2) is 60.7 Å². The molecule has 0 aliphatic rings. The van der Waals surface area contributed by atoms with Gasteiger partial charge in [0.25, 0.3) is 0 Å². The van der Waals surface area contributed by atoms with E-state index in [0.29, 0.717) is 5.56 Å². The van der Waals surface area contributed by atoms with Crippen LogP contribution in [0.25, 0.3) is 0 Å². The first kappa shape index (κ1) is 30.3.